The Kier molecular flexibility index (Phi) is 4.67. The van der Waals surface area contributed by atoms with E-state index >= 15 is 0 Å². The van der Waals surface area contributed by atoms with Gasteiger partial charge >= 0.3 is 5.97 Å². The van der Waals surface area contributed by atoms with E-state index in [1.165, 1.54) is 19.1 Å². The molecule has 2 amide bonds. The van der Waals surface area contributed by atoms with Gasteiger partial charge in [0.2, 0.25) is 5.78 Å². The standard InChI is InChI=1S/C20H17NO5/c1-12-7-9-14(10-8-12)18(23)13(2)26-17(22)11-21-19(24)15-5-3-4-6-16(15)20(21)25/h3-10,13H,11H2,1-2H3/t13-/m0/s1. The Morgan fingerprint density at radius 2 is 1.50 bits per heavy atom. The van der Waals surface area contributed by atoms with Gasteiger partial charge in [-0.3, -0.25) is 24.1 Å². The number of esters is 1. The van der Waals surface area contributed by atoms with Gasteiger partial charge in [0, 0.05) is 5.56 Å². The van der Waals surface area contributed by atoms with Crippen LogP contribution in [0.25, 0.3) is 0 Å². The van der Waals surface area contributed by atoms with Gasteiger partial charge in [-0.2, -0.15) is 0 Å². The molecule has 0 saturated carbocycles. The van der Waals surface area contributed by atoms with Crippen molar-refractivity contribution in [2.24, 2.45) is 0 Å². The molecule has 0 fully saturated rings. The molecule has 2 aromatic carbocycles. The number of carbonyl (C=O) groups is 4. The first-order chi connectivity index (χ1) is 12.4. The first kappa shape index (κ1) is 17.5. The first-order valence-corrected chi connectivity index (χ1v) is 8.14. The molecular formula is C20H17NO5. The number of aryl methyl sites for hydroxylation is 1. The molecule has 0 bridgehead atoms. The summed E-state index contributed by atoms with van der Waals surface area (Å²) in [6.45, 7) is 2.83. The number of ketones is 1. The zero-order valence-electron chi connectivity index (χ0n) is 14.4. The maximum Gasteiger partial charge on any atom is 0.326 e. The zero-order valence-corrected chi connectivity index (χ0v) is 14.4. The minimum atomic E-state index is -1.01. The number of benzene rings is 2. The number of fused-ring (bicyclic) bond motifs is 1. The number of hydrogen-bond donors (Lipinski definition) is 0. The molecule has 1 heterocycles. The van der Waals surface area contributed by atoms with Crippen molar-refractivity contribution >= 4 is 23.6 Å². The van der Waals surface area contributed by atoms with E-state index in [1.54, 1.807) is 36.4 Å². The third-order valence-corrected chi connectivity index (χ3v) is 4.18. The second kappa shape index (κ2) is 6.92. The number of amides is 2. The quantitative estimate of drug-likeness (QED) is 0.469. The van der Waals surface area contributed by atoms with Gasteiger partial charge in [-0.15, -0.1) is 0 Å². The summed E-state index contributed by atoms with van der Waals surface area (Å²) in [5.74, 6) is -2.24. The molecular weight excluding hydrogens is 334 g/mol. The average Bonchev–Trinajstić information content (AvgIpc) is 2.87. The predicted octanol–water partition coefficient (Wildman–Crippen LogP) is 2.41. The van der Waals surface area contributed by atoms with Gasteiger partial charge in [-0.25, -0.2) is 0 Å². The minimum Gasteiger partial charge on any atom is -0.453 e. The maximum absolute atomic E-state index is 12.3. The molecule has 0 saturated heterocycles. The van der Waals surface area contributed by atoms with Gasteiger partial charge < -0.3 is 4.74 Å². The van der Waals surface area contributed by atoms with Crippen LogP contribution in [0.15, 0.2) is 48.5 Å². The molecule has 1 atom stereocenters. The third-order valence-electron chi connectivity index (χ3n) is 4.18. The smallest absolute Gasteiger partial charge is 0.326 e. The lowest BCUT2D eigenvalue weighted by Gasteiger charge is -2.16. The Balaban J connectivity index is 1.64. The monoisotopic (exact) mass is 351 g/mol. The van der Waals surface area contributed by atoms with E-state index in [0.29, 0.717) is 5.56 Å². The van der Waals surface area contributed by atoms with Crippen molar-refractivity contribution < 1.29 is 23.9 Å². The highest BCUT2D eigenvalue weighted by Crippen LogP contribution is 2.22. The van der Waals surface area contributed by atoms with Gasteiger partial charge in [-0.05, 0) is 26.0 Å². The Hall–Kier alpha value is -3.28. The van der Waals surface area contributed by atoms with Crippen molar-refractivity contribution in [3.05, 3.63) is 70.8 Å². The Morgan fingerprint density at radius 1 is 0.962 bits per heavy atom. The molecule has 1 aliphatic rings. The molecule has 0 radical (unpaired) electrons. The number of carbonyl (C=O) groups excluding carboxylic acids is 4. The predicted molar refractivity (Wildman–Crippen MR) is 92.9 cm³/mol. The van der Waals surface area contributed by atoms with Crippen molar-refractivity contribution in [3.8, 4) is 0 Å². The van der Waals surface area contributed by atoms with Gasteiger partial charge in [0.15, 0.2) is 6.10 Å². The van der Waals surface area contributed by atoms with Gasteiger partial charge in [-0.1, -0.05) is 42.0 Å². The number of imide groups is 1. The highest BCUT2D eigenvalue weighted by Gasteiger charge is 2.37. The lowest BCUT2D eigenvalue weighted by Crippen LogP contribution is -2.37. The molecule has 3 rings (SSSR count). The molecule has 132 valence electrons. The maximum atomic E-state index is 12.3. The summed E-state index contributed by atoms with van der Waals surface area (Å²) in [7, 11) is 0. The minimum absolute atomic E-state index is 0.258. The molecule has 6 nitrogen and oxygen atoms in total. The summed E-state index contributed by atoms with van der Waals surface area (Å²) >= 11 is 0. The van der Waals surface area contributed by atoms with E-state index in [2.05, 4.69) is 0 Å². The van der Waals surface area contributed by atoms with Crippen LogP contribution in [-0.4, -0.2) is 41.1 Å². The SMILES string of the molecule is Cc1ccc(C(=O)[C@H](C)OC(=O)CN2C(=O)c3ccccc3C2=O)cc1. The van der Waals surface area contributed by atoms with Crippen LogP contribution in [0.2, 0.25) is 0 Å². The van der Waals surface area contributed by atoms with Crippen molar-refractivity contribution in [2.45, 2.75) is 20.0 Å². The fraction of sp³-hybridized carbons (Fsp3) is 0.200. The Bertz CT molecular complexity index is 866. The van der Waals surface area contributed by atoms with Crippen LogP contribution >= 0.6 is 0 Å². The van der Waals surface area contributed by atoms with Crippen LogP contribution in [0.4, 0.5) is 0 Å². The lowest BCUT2D eigenvalue weighted by molar-refractivity contribution is -0.146. The molecule has 0 aliphatic carbocycles. The van der Waals surface area contributed by atoms with Crippen molar-refractivity contribution in [3.63, 3.8) is 0 Å². The second-order valence-electron chi connectivity index (χ2n) is 6.10. The van der Waals surface area contributed by atoms with E-state index in [-0.39, 0.29) is 16.9 Å². The summed E-state index contributed by atoms with van der Waals surface area (Å²) in [4.78, 5) is 49.8. The summed E-state index contributed by atoms with van der Waals surface area (Å²) in [5, 5.41) is 0. The summed E-state index contributed by atoms with van der Waals surface area (Å²) in [5.41, 5.74) is 1.96. The van der Waals surface area contributed by atoms with Crippen molar-refractivity contribution in [2.75, 3.05) is 6.54 Å². The summed E-state index contributed by atoms with van der Waals surface area (Å²) in [6, 6.07) is 13.3. The highest BCUT2D eigenvalue weighted by molar-refractivity contribution is 6.22. The van der Waals surface area contributed by atoms with Crippen LogP contribution in [0.3, 0.4) is 0 Å². The highest BCUT2D eigenvalue weighted by atomic mass is 16.5. The first-order valence-electron chi connectivity index (χ1n) is 8.14. The normalized spacial score (nSPS) is 14.2. The molecule has 26 heavy (non-hydrogen) atoms. The average molecular weight is 351 g/mol. The van der Waals surface area contributed by atoms with Crippen LogP contribution < -0.4 is 0 Å². The number of nitrogens with zero attached hydrogens (tertiary/aromatic N) is 1. The van der Waals surface area contributed by atoms with E-state index in [0.717, 1.165) is 10.5 Å². The Morgan fingerprint density at radius 3 is 2.04 bits per heavy atom. The van der Waals surface area contributed by atoms with Gasteiger partial charge in [0.1, 0.15) is 6.54 Å². The fourth-order valence-electron chi connectivity index (χ4n) is 2.75. The van der Waals surface area contributed by atoms with Crippen LogP contribution in [0.5, 0.6) is 0 Å². The fourth-order valence-corrected chi connectivity index (χ4v) is 2.75. The van der Waals surface area contributed by atoms with Crippen LogP contribution in [0, 0.1) is 6.92 Å². The zero-order chi connectivity index (χ0) is 18.8. The molecule has 0 spiro atoms. The van der Waals surface area contributed by atoms with E-state index in [1.807, 2.05) is 6.92 Å². The topological polar surface area (TPSA) is 80.8 Å². The Labute approximate surface area is 150 Å². The number of Topliss-reactive ketones (excluding diaryl/α,β-unsaturated/α-hetero) is 1. The van der Waals surface area contributed by atoms with Crippen molar-refractivity contribution in [1.82, 2.24) is 4.90 Å². The third kappa shape index (κ3) is 3.26. The lowest BCUT2D eigenvalue weighted by atomic mass is 10.1. The van der Waals surface area contributed by atoms with E-state index in [4.69, 9.17) is 4.74 Å². The van der Waals surface area contributed by atoms with Crippen LogP contribution in [0.1, 0.15) is 43.6 Å². The molecule has 6 heteroatoms. The second-order valence-corrected chi connectivity index (χ2v) is 6.10. The number of ether oxygens (including phenoxy) is 1. The molecule has 0 aromatic heterocycles. The largest absolute Gasteiger partial charge is 0.453 e. The number of hydrogen-bond acceptors (Lipinski definition) is 5. The van der Waals surface area contributed by atoms with Crippen molar-refractivity contribution in [1.29, 1.82) is 0 Å². The molecule has 0 N–H and O–H groups in total. The number of rotatable bonds is 5. The molecule has 2 aromatic rings. The van der Waals surface area contributed by atoms with E-state index < -0.39 is 30.4 Å². The summed E-state index contributed by atoms with van der Waals surface area (Å²) in [6.07, 6.45) is -1.01. The summed E-state index contributed by atoms with van der Waals surface area (Å²) < 4.78 is 5.12. The van der Waals surface area contributed by atoms with Gasteiger partial charge in [0.25, 0.3) is 11.8 Å². The van der Waals surface area contributed by atoms with E-state index in [9.17, 15) is 19.2 Å². The molecule has 1 aliphatic heterocycles. The molecule has 0 unspecified atom stereocenters. The van der Waals surface area contributed by atoms with Gasteiger partial charge in [0.05, 0.1) is 11.1 Å². The van der Waals surface area contributed by atoms with Crippen LogP contribution in [-0.2, 0) is 9.53 Å².